The minimum absolute atomic E-state index is 0.200. The molecule has 0 aliphatic carbocycles. The Morgan fingerprint density at radius 3 is 2.57 bits per heavy atom. The van der Waals surface area contributed by atoms with Crippen LogP contribution in [0.4, 0.5) is 14.5 Å². The predicted molar refractivity (Wildman–Crippen MR) is 112 cm³/mol. The van der Waals surface area contributed by atoms with Gasteiger partial charge in [0.15, 0.2) is 6.61 Å². The first kappa shape index (κ1) is 23.6. The number of carbonyl (C=O) groups excluding carboxylic acids is 3. The average molecular weight is 457 g/mol. The number of anilines is 1. The Hall–Kier alpha value is -2.65. The lowest BCUT2D eigenvalue weighted by atomic mass is 10.1. The fourth-order valence-corrected chi connectivity index (χ4v) is 3.07. The Bertz CT molecular complexity index is 929. The van der Waals surface area contributed by atoms with Crippen LogP contribution in [0.3, 0.4) is 0 Å². The number of carbonyl (C=O) groups is 3. The number of amides is 2. The summed E-state index contributed by atoms with van der Waals surface area (Å²) in [6, 6.07) is 8.00. The fraction of sp³-hybridized carbons (Fsp3) is 0.250. The maximum absolute atomic E-state index is 13.6. The van der Waals surface area contributed by atoms with Crippen LogP contribution >= 0.6 is 23.4 Å². The molecule has 0 fully saturated rings. The van der Waals surface area contributed by atoms with E-state index in [1.807, 2.05) is 6.26 Å². The van der Waals surface area contributed by atoms with Gasteiger partial charge in [-0.15, -0.1) is 0 Å². The zero-order valence-electron chi connectivity index (χ0n) is 15.9. The quantitative estimate of drug-likeness (QED) is 0.563. The molecule has 2 aromatic carbocycles. The van der Waals surface area contributed by atoms with E-state index in [1.54, 1.807) is 18.2 Å². The van der Waals surface area contributed by atoms with Crippen LogP contribution < -0.4 is 10.6 Å². The van der Waals surface area contributed by atoms with Crippen LogP contribution in [0.1, 0.15) is 16.8 Å². The molecule has 6 nitrogen and oxygen atoms in total. The van der Waals surface area contributed by atoms with E-state index in [2.05, 4.69) is 10.6 Å². The largest absolute Gasteiger partial charge is 0.454 e. The van der Waals surface area contributed by atoms with Gasteiger partial charge in [0.25, 0.3) is 11.8 Å². The van der Waals surface area contributed by atoms with Gasteiger partial charge in [-0.3, -0.25) is 9.59 Å². The van der Waals surface area contributed by atoms with Gasteiger partial charge in [-0.25, -0.2) is 13.6 Å². The maximum atomic E-state index is 13.6. The van der Waals surface area contributed by atoms with Gasteiger partial charge in [0.05, 0.1) is 16.3 Å². The lowest BCUT2D eigenvalue weighted by molar-refractivity contribution is -0.149. The van der Waals surface area contributed by atoms with Crippen molar-refractivity contribution >= 4 is 46.8 Å². The second-order valence-corrected chi connectivity index (χ2v) is 7.46. The van der Waals surface area contributed by atoms with E-state index in [4.69, 9.17) is 16.3 Å². The Morgan fingerprint density at radius 1 is 1.17 bits per heavy atom. The van der Waals surface area contributed by atoms with E-state index in [-0.39, 0.29) is 22.7 Å². The number of rotatable bonds is 9. The lowest BCUT2D eigenvalue weighted by Crippen LogP contribution is -2.43. The molecule has 2 rings (SSSR count). The summed E-state index contributed by atoms with van der Waals surface area (Å²) in [6.45, 7) is -0.701. The molecule has 0 saturated carbocycles. The molecule has 0 aliphatic rings. The number of hydrogen-bond donors (Lipinski definition) is 2. The SMILES string of the molecule is CSCCC(NC(=O)c1ccccc1Cl)C(=O)OCC(=O)Nc1ccc(F)cc1F. The Morgan fingerprint density at radius 2 is 1.90 bits per heavy atom. The molecule has 2 amide bonds. The van der Waals surface area contributed by atoms with Crippen LogP contribution in [0.5, 0.6) is 0 Å². The Labute approximate surface area is 181 Å². The summed E-state index contributed by atoms with van der Waals surface area (Å²) in [5.74, 6) is -3.38. The molecule has 0 bridgehead atoms. The smallest absolute Gasteiger partial charge is 0.329 e. The summed E-state index contributed by atoms with van der Waals surface area (Å²) in [5.41, 5.74) is -0.0472. The summed E-state index contributed by atoms with van der Waals surface area (Å²) in [7, 11) is 0. The van der Waals surface area contributed by atoms with Gasteiger partial charge in [0.2, 0.25) is 0 Å². The predicted octanol–water partition coefficient (Wildman–Crippen LogP) is 3.65. The van der Waals surface area contributed by atoms with E-state index in [9.17, 15) is 23.2 Å². The topological polar surface area (TPSA) is 84.5 Å². The van der Waals surface area contributed by atoms with Gasteiger partial charge < -0.3 is 15.4 Å². The number of thioether (sulfide) groups is 1. The molecule has 160 valence electrons. The van der Waals surface area contributed by atoms with Crippen LogP contribution in [0.25, 0.3) is 0 Å². The van der Waals surface area contributed by atoms with Crippen molar-refractivity contribution in [3.63, 3.8) is 0 Å². The maximum Gasteiger partial charge on any atom is 0.329 e. The van der Waals surface area contributed by atoms with Gasteiger partial charge in [-0.2, -0.15) is 11.8 Å². The lowest BCUT2D eigenvalue weighted by Gasteiger charge is -2.17. The fourth-order valence-electron chi connectivity index (χ4n) is 2.38. The molecule has 1 unspecified atom stereocenters. The highest BCUT2D eigenvalue weighted by Gasteiger charge is 2.24. The van der Waals surface area contributed by atoms with Crippen molar-refractivity contribution in [2.45, 2.75) is 12.5 Å². The van der Waals surface area contributed by atoms with Crippen LogP contribution in [0, 0.1) is 11.6 Å². The van der Waals surface area contributed by atoms with Gasteiger partial charge >= 0.3 is 5.97 Å². The molecule has 1 atom stereocenters. The number of esters is 1. The Kier molecular flexibility index (Phi) is 9.07. The summed E-state index contributed by atoms with van der Waals surface area (Å²) < 4.78 is 31.5. The number of hydrogen-bond acceptors (Lipinski definition) is 5. The van der Waals surface area contributed by atoms with Gasteiger partial charge in [0, 0.05) is 6.07 Å². The van der Waals surface area contributed by atoms with Crippen molar-refractivity contribution in [1.29, 1.82) is 0 Å². The molecule has 30 heavy (non-hydrogen) atoms. The summed E-state index contributed by atoms with van der Waals surface area (Å²) in [4.78, 5) is 36.7. The summed E-state index contributed by atoms with van der Waals surface area (Å²) in [5, 5.41) is 4.96. The number of ether oxygens (including phenoxy) is 1. The van der Waals surface area contributed by atoms with Crippen LogP contribution in [-0.4, -0.2) is 42.4 Å². The first-order valence-electron chi connectivity index (χ1n) is 8.77. The van der Waals surface area contributed by atoms with Crippen LogP contribution in [0.15, 0.2) is 42.5 Å². The van der Waals surface area contributed by atoms with Crippen molar-refractivity contribution < 1.29 is 27.9 Å². The van der Waals surface area contributed by atoms with Gasteiger partial charge in [-0.1, -0.05) is 23.7 Å². The molecule has 0 spiro atoms. The molecule has 0 saturated heterocycles. The molecule has 0 heterocycles. The highest BCUT2D eigenvalue weighted by Crippen LogP contribution is 2.16. The molecule has 0 aliphatic heterocycles. The third-order valence-corrected chi connectivity index (χ3v) is 4.84. The van der Waals surface area contributed by atoms with Gasteiger partial charge in [0.1, 0.15) is 17.7 Å². The second-order valence-electron chi connectivity index (χ2n) is 6.07. The van der Waals surface area contributed by atoms with E-state index >= 15 is 0 Å². The van der Waals surface area contributed by atoms with Crippen molar-refractivity contribution in [2.75, 3.05) is 23.9 Å². The molecule has 2 N–H and O–H groups in total. The highest BCUT2D eigenvalue weighted by molar-refractivity contribution is 7.98. The first-order chi connectivity index (χ1) is 14.3. The molecule has 0 aromatic heterocycles. The van der Waals surface area contributed by atoms with Crippen molar-refractivity contribution in [3.05, 3.63) is 64.7 Å². The standard InChI is InChI=1S/C20H19ClF2N2O4S/c1-30-9-8-17(25-19(27)13-4-2-3-5-14(13)21)20(28)29-11-18(26)24-16-7-6-12(22)10-15(16)23/h2-7,10,17H,8-9,11H2,1H3,(H,24,26)(H,25,27). The molecule has 0 radical (unpaired) electrons. The average Bonchev–Trinajstić information content (AvgIpc) is 2.71. The molecular weight excluding hydrogens is 438 g/mol. The number of benzene rings is 2. The zero-order chi connectivity index (χ0) is 22.1. The van der Waals surface area contributed by atoms with E-state index in [1.165, 1.54) is 17.8 Å². The monoisotopic (exact) mass is 456 g/mol. The highest BCUT2D eigenvalue weighted by atomic mass is 35.5. The minimum atomic E-state index is -1.00. The second kappa shape index (κ2) is 11.5. The summed E-state index contributed by atoms with van der Waals surface area (Å²) >= 11 is 7.47. The number of nitrogens with one attached hydrogen (secondary N) is 2. The minimum Gasteiger partial charge on any atom is -0.454 e. The first-order valence-corrected chi connectivity index (χ1v) is 10.5. The number of halogens is 3. The molecular formula is C20H19ClF2N2O4S. The third kappa shape index (κ3) is 7.00. The third-order valence-electron chi connectivity index (χ3n) is 3.87. The van der Waals surface area contributed by atoms with Crippen LogP contribution in [0.2, 0.25) is 5.02 Å². The van der Waals surface area contributed by atoms with Crippen molar-refractivity contribution in [3.8, 4) is 0 Å². The van der Waals surface area contributed by atoms with E-state index in [0.29, 0.717) is 11.8 Å². The zero-order valence-corrected chi connectivity index (χ0v) is 17.5. The molecule has 10 heteroatoms. The van der Waals surface area contributed by atoms with Crippen molar-refractivity contribution in [1.82, 2.24) is 5.32 Å². The summed E-state index contributed by atoms with van der Waals surface area (Å²) in [6.07, 6.45) is 2.10. The van der Waals surface area contributed by atoms with E-state index in [0.717, 1.165) is 12.1 Å². The molecule has 2 aromatic rings. The van der Waals surface area contributed by atoms with Crippen molar-refractivity contribution in [2.24, 2.45) is 0 Å². The van der Waals surface area contributed by atoms with Crippen LogP contribution in [-0.2, 0) is 14.3 Å². The Balaban J connectivity index is 1.96. The van der Waals surface area contributed by atoms with Gasteiger partial charge in [-0.05, 0) is 42.7 Å². The normalized spacial score (nSPS) is 11.5. The van der Waals surface area contributed by atoms with E-state index < -0.39 is 42.1 Å².